The minimum absolute atomic E-state index is 0.276. The number of esters is 1. The lowest BCUT2D eigenvalue weighted by atomic mass is 10.2. The Morgan fingerprint density at radius 1 is 1.37 bits per heavy atom. The van der Waals surface area contributed by atoms with Crippen LogP contribution in [0.5, 0.6) is 5.75 Å². The number of hydrogen-bond donors (Lipinski definition) is 3. The van der Waals surface area contributed by atoms with Crippen LogP contribution < -0.4 is 5.32 Å². The van der Waals surface area contributed by atoms with Crippen LogP contribution in [-0.2, 0) is 11.3 Å². The summed E-state index contributed by atoms with van der Waals surface area (Å²) in [5.74, 6) is -0.106. The number of ether oxygens (including phenoxy) is 1. The van der Waals surface area contributed by atoms with Crippen LogP contribution in [-0.4, -0.2) is 23.2 Å². The quantitative estimate of drug-likeness (QED) is 0.583. The van der Waals surface area contributed by atoms with E-state index in [9.17, 15) is 9.90 Å². The van der Waals surface area contributed by atoms with Gasteiger partial charge in [0, 0.05) is 11.4 Å². The van der Waals surface area contributed by atoms with Gasteiger partial charge in [-0.3, -0.25) is 0 Å². The van der Waals surface area contributed by atoms with E-state index in [1.54, 1.807) is 18.2 Å². The standard InChI is InChI=1S/C14H16N2O3/c1-9-7-10(4-6-13(9)17)15-8-11-3-5-12(16-11)14(18)19-2/h3-7,15-17H,8H2,1-2H3. The Balaban J connectivity index is 2.00. The van der Waals surface area contributed by atoms with E-state index in [4.69, 9.17) is 0 Å². The zero-order chi connectivity index (χ0) is 13.8. The van der Waals surface area contributed by atoms with Crippen molar-refractivity contribution in [3.63, 3.8) is 0 Å². The lowest BCUT2D eigenvalue weighted by molar-refractivity contribution is 0.0594. The van der Waals surface area contributed by atoms with E-state index >= 15 is 0 Å². The number of H-pyrrole nitrogens is 1. The van der Waals surface area contributed by atoms with Gasteiger partial charge in [0.05, 0.1) is 13.7 Å². The second-order valence-corrected chi connectivity index (χ2v) is 4.24. The summed E-state index contributed by atoms with van der Waals surface area (Å²) in [5.41, 5.74) is 3.03. The Labute approximate surface area is 111 Å². The minimum atomic E-state index is -0.383. The van der Waals surface area contributed by atoms with E-state index in [0.29, 0.717) is 12.2 Å². The Morgan fingerprint density at radius 2 is 2.16 bits per heavy atom. The summed E-state index contributed by atoms with van der Waals surface area (Å²) in [7, 11) is 1.35. The van der Waals surface area contributed by atoms with Crippen molar-refractivity contribution in [3.8, 4) is 5.75 Å². The maximum Gasteiger partial charge on any atom is 0.354 e. The van der Waals surface area contributed by atoms with Gasteiger partial charge in [-0.2, -0.15) is 0 Å². The number of nitrogens with one attached hydrogen (secondary N) is 2. The molecule has 0 fully saturated rings. The van der Waals surface area contributed by atoms with E-state index < -0.39 is 0 Å². The molecule has 1 aromatic heterocycles. The van der Waals surface area contributed by atoms with Gasteiger partial charge in [-0.05, 0) is 42.8 Å². The second kappa shape index (κ2) is 5.48. The lowest BCUT2D eigenvalue weighted by Crippen LogP contribution is -2.03. The number of aromatic hydroxyl groups is 1. The monoisotopic (exact) mass is 260 g/mol. The average molecular weight is 260 g/mol. The molecule has 5 nitrogen and oxygen atoms in total. The van der Waals surface area contributed by atoms with Crippen LogP contribution in [0, 0.1) is 6.92 Å². The fraction of sp³-hybridized carbons (Fsp3) is 0.214. The molecule has 0 radical (unpaired) electrons. The topological polar surface area (TPSA) is 74.3 Å². The highest BCUT2D eigenvalue weighted by Gasteiger charge is 2.07. The Bertz CT molecular complexity index is 590. The highest BCUT2D eigenvalue weighted by Crippen LogP contribution is 2.20. The second-order valence-electron chi connectivity index (χ2n) is 4.24. The van der Waals surface area contributed by atoms with Gasteiger partial charge in [0.25, 0.3) is 0 Å². The number of phenols is 1. The summed E-state index contributed by atoms with van der Waals surface area (Å²) in [6.07, 6.45) is 0. The summed E-state index contributed by atoms with van der Waals surface area (Å²) >= 11 is 0. The highest BCUT2D eigenvalue weighted by molar-refractivity contribution is 5.87. The maximum absolute atomic E-state index is 11.3. The van der Waals surface area contributed by atoms with E-state index in [-0.39, 0.29) is 11.7 Å². The molecule has 0 aliphatic heterocycles. The zero-order valence-corrected chi connectivity index (χ0v) is 10.9. The van der Waals surface area contributed by atoms with Gasteiger partial charge >= 0.3 is 5.97 Å². The molecule has 2 rings (SSSR count). The molecule has 1 aromatic carbocycles. The molecule has 0 amide bonds. The summed E-state index contributed by atoms with van der Waals surface area (Å²) in [5, 5.41) is 12.6. The molecule has 100 valence electrons. The molecule has 2 aromatic rings. The molecular formula is C14H16N2O3. The smallest absolute Gasteiger partial charge is 0.354 e. The molecule has 19 heavy (non-hydrogen) atoms. The summed E-state index contributed by atoms with van der Waals surface area (Å²) < 4.78 is 4.62. The SMILES string of the molecule is COC(=O)c1ccc(CNc2ccc(O)c(C)c2)[nH]1. The molecule has 0 saturated heterocycles. The van der Waals surface area contributed by atoms with Crippen molar-refractivity contribution in [2.75, 3.05) is 12.4 Å². The Hall–Kier alpha value is -2.43. The number of benzene rings is 1. The predicted molar refractivity (Wildman–Crippen MR) is 72.3 cm³/mol. The number of methoxy groups -OCH3 is 1. The number of anilines is 1. The summed E-state index contributed by atoms with van der Waals surface area (Å²) in [4.78, 5) is 14.3. The van der Waals surface area contributed by atoms with E-state index in [1.165, 1.54) is 7.11 Å². The fourth-order valence-electron chi connectivity index (χ4n) is 1.74. The number of aromatic nitrogens is 1. The molecule has 1 heterocycles. The minimum Gasteiger partial charge on any atom is -0.508 e. The van der Waals surface area contributed by atoms with Gasteiger partial charge in [-0.1, -0.05) is 0 Å². The third kappa shape index (κ3) is 3.07. The van der Waals surface area contributed by atoms with Crippen LogP contribution in [0.2, 0.25) is 0 Å². The number of hydrogen-bond acceptors (Lipinski definition) is 4. The van der Waals surface area contributed by atoms with Crippen LogP contribution in [0.1, 0.15) is 21.7 Å². The number of carbonyl (C=O) groups is 1. The van der Waals surface area contributed by atoms with Crippen molar-refractivity contribution < 1.29 is 14.6 Å². The average Bonchev–Trinajstić information content (AvgIpc) is 2.88. The van der Waals surface area contributed by atoms with Crippen LogP contribution in [0.15, 0.2) is 30.3 Å². The largest absolute Gasteiger partial charge is 0.508 e. The Kier molecular flexibility index (Phi) is 3.75. The van der Waals surface area contributed by atoms with E-state index in [2.05, 4.69) is 15.0 Å². The van der Waals surface area contributed by atoms with Crippen molar-refractivity contribution in [3.05, 3.63) is 47.3 Å². The van der Waals surface area contributed by atoms with Crippen LogP contribution in [0.3, 0.4) is 0 Å². The molecule has 0 spiro atoms. The molecule has 0 bridgehead atoms. The number of phenolic OH excluding ortho intramolecular Hbond substituents is 1. The van der Waals surface area contributed by atoms with Gasteiger partial charge in [-0.15, -0.1) is 0 Å². The number of rotatable bonds is 4. The van der Waals surface area contributed by atoms with E-state index in [1.807, 2.05) is 19.1 Å². The van der Waals surface area contributed by atoms with Crippen molar-refractivity contribution in [1.82, 2.24) is 4.98 Å². The number of carbonyl (C=O) groups excluding carboxylic acids is 1. The lowest BCUT2D eigenvalue weighted by Gasteiger charge is -2.07. The molecule has 0 unspecified atom stereocenters. The van der Waals surface area contributed by atoms with E-state index in [0.717, 1.165) is 16.9 Å². The van der Waals surface area contributed by atoms with Gasteiger partial charge in [0.1, 0.15) is 11.4 Å². The molecule has 0 atom stereocenters. The first-order valence-electron chi connectivity index (χ1n) is 5.90. The molecular weight excluding hydrogens is 244 g/mol. The molecule has 0 aliphatic rings. The molecule has 0 aliphatic carbocycles. The van der Waals surface area contributed by atoms with Crippen molar-refractivity contribution in [2.45, 2.75) is 13.5 Å². The third-order valence-corrected chi connectivity index (χ3v) is 2.83. The van der Waals surface area contributed by atoms with Gasteiger partial charge in [-0.25, -0.2) is 4.79 Å². The van der Waals surface area contributed by atoms with Gasteiger partial charge < -0.3 is 20.1 Å². The molecule has 5 heteroatoms. The normalized spacial score (nSPS) is 10.2. The molecule has 3 N–H and O–H groups in total. The van der Waals surface area contributed by atoms with Gasteiger partial charge in [0.2, 0.25) is 0 Å². The van der Waals surface area contributed by atoms with Crippen LogP contribution in [0.25, 0.3) is 0 Å². The third-order valence-electron chi connectivity index (χ3n) is 2.83. The first kappa shape index (κ1) is 13.0. The first-order valence-corrected chi connectivity index (χ1v) is 5.90. The van der Waals surface area contributed by atoms with Crippen LogP contribution in [0.4, 0.5) is 5.69 Å². The van der Waals surface area contributed by atoms with Crippen LogP contribution >= 0.6 is 0 Å². The summed E-state index contributed by atoms with van der Waals surface area (Å²) in [6.45, 7) is 2.39. The molecule has 0 saturated carbocycles. The van der Waals surface area contributed by atoms with Crippen molar-refractivity contribution >= 4 is 11.7 Å². The maximum atomic E-state index is 11.3. The zero-order valence-electron chi connectivity index (χ0n) is 10.9. The number of aromatic amines is 1. The van der Waals surface area contributed by atoms with Crippen molar-refractivity contribution in [1.29, 1.82) is 0 Å². The van der Waals surface area contributed by atoms with Crippen molar-refractivity contribution in [2.24, 2.45) is 0 Å². The number of aryl methyl sites for hydroxylation is 1. The van der Waals surface area contributed by atoms with Gasteiger partial charge in [0.15, 0.2) is 0 Å². The first-order chi connectivity index (χ1) is 9.10. The Morgan fingerprint density at radius 3 is 2.84 bits per heavy atom. The predicted octanol–water partition coefficient (Wildman–Crippen LogP) is 2.43. The fourth-order valence-corrected chi connectivity index (χ4v) is 1.74. The summed E-state index contributed by atoms with van der Waals surface area (Å²) in [6, 6.07) is 8.82. The highest BCUT2D eigenvalue weighted by atomic mass is 16.5.